The second kappa shape index (κ2) is 5.88. The average molecular weight is 322 g/mol. The van der Waals surface area contributed by atoms with Crippen LogP contribution in [0.4, 0.5) is 0 Å². The molecule has 1 aromatic heterocycles. The van der Waals surface area contributed by atoms with Gasteiger partial charge in [-0.25, -0.2) is 0 Å². The number of hydrogen-bond donors (Lipinski definition) is 1. The fourth-order valence-corrected chi connectivity index (χ4v) is 2.85. The Morgan fingerprint density at radius 3 is 2.68 bits per heavy atom. The first kappa shape index (κ1) is 14.3. The quantitative estimate of drug-likeness (QED) is 0.931. The van der Waals surface area contributed by atoms with E-state index in [1.165, 1.54) is 16.7 Å². The Kier molecular flexibility index (Phi) is 4.42. The van der Waals surface area contributed by atoms with Crippen molar-refractivity contribution in [1.82, 2.24) is 15.1 Å². The van der Waals surface area contributed by atoms with Crippen molar-refractivity contribution in [3.05, 3.63) is 51.3 Å². The van der Waals surface area contributed by atoms with Gasteiger partial charge in [0, 0.05) is 35.9 Å². The summed E-state index contributed by atoms with van der Waals surface area (Å²) < 4.78 is 3.03. The molecule has 0 saturated heterocycles. The molecule has 3 nitrogen and oxygen atoms in total. The smallest absolute Gasteiger partial charge is 0.0641 e. The first-order chi connectivity index (χ1) is 8.97. The lowest BCUT2D eigenvalue weighted by Gasteiger charge is -2.14. The second-order valence-corrected chi connectivity index (χ2v) is 5.90. The van der Waals surface area contributed by atoms with Crippen LogP contribution in [0, 0.1) is 13.8 Å². The van der Waals surface area contributed by atoms with Crippen LogP contribution >= 0.6 is 15.9 Å². The Balaban J connectivity index is 2.04. The average Bonchev–Trinajstić information content (AvgIpc) is 2.67. The third-order valence-electron chi connectivity index (χ3n) is 3.33. The van der Waals surface area contributed by atoms with E-state index in [0.29, 0.717) is 6.04 Å². The molecule has 2 rings (SSSR count). The minimum atomic E-state index is 0.293. The predicted molar refractivity (Wildman–Crippen MR) is 82.1 cm³/mol. The van der Waals surface area contributed by atoms with Crippen molar-refractivity contribution in [2.45, 2.75) is 33.4 Å². The molecule has 102 valence electrons. The first-order valence-electron chi connectivity index (χ1n) is 6.46. The van der Waals surface area contributed by atoms with Crippen LogP contribution in [0.25, 0.3) is 0 Å². The van der Waals surface area contributed by atoms with Gasteiger partial charge < -0.3 is 5.32 Å². The van der Waals surface area contributed by atoms with Crippen LogP contribution in [0.1, 0.15) is 35.3 Å². The van der Waals surface area contributed by atoms with E-state index in [-0.39, 0.29) is 0 Å². The third-order valence-corrected chi connectivity index (χ3v) is 4.06. The van der Waals surface area contributed by atoms with E-state index in [1.54, 1.807) is 0 Å². The highest BCUT2D eigenvalue weighted by molar-refractivity contribution is 9.10. The summed E-state index contributed by atoms with van der Waals surface area (Å²) >= 11 is 3.62. The molecule has 1 unspecified atom stereocenters. The zero-order valence-electron chi connectivity index (χ0n) is 11.9. The van der Waals surface area contributed by atoms with Crippen LogP contribution in [-0.2, 0) is 13.6 Å². The van der Waals surface area contributed by atoms with Gasteiger partial charge in [-0.1, -0.05) is 28.1 Å². The topological polar surface area (TPSA) is 29.9 Å². The van der Waals surface area contributed by atoms with Gasteiger partial charge in [0.15, 0.2) is 0 Å². The molecule has 1 aromatic carbocycles. The maximum atomic E-state index is 4.38. The van der Waals surface area contributed by atoms with Gasteiger partial charge in [-0.3, -0.25) is 4.68 Å². The molecule has 4 heteroatoms. The zero-order chi connectivity index (χ0) is 14.0. The Morgan fingerprint density at radius 1 is 1.37 bits per heavy atom. The van der Waals surface area contributed by atoms with Crippen LogP contribution in [0.3, 0.4) is 0 Å². The Bertz CT molecular complexity index is 575. The summed E-state index contributed by atoms with van der Waals surface area (Å²) in [6.07, 6.45) is 2.08. The number of aryl methyl sites for hydroxylation is 3. The lowest BCUT2D eigenvalue weighted by molar-refractivity contribution is 0.571. The molecule has 0 aliphatic carbocycles. The molecule has 0 aliphatic heterocycles. The highest BCUT2D eigenvalue weighted by Gasteiger charge is 2.11. The molecule has 0 bridgehead atoms. The van der Waals surface area contributed by atoms with Crippen LogP contribution in [-0.4, -0.2) is 9.78 Å². The van der Waals surface area contributed by atoms with Gasteiger partial charge in [0.25, 0.3) is 0 Å². The summed E-state index contributed by atoms with van der Waals surface area (Å²) in [6.45, 7) is 7.17. The van der Waals surface area contributed by atoms with E-state index in [0.717, 1.165) is 16.7 Å². The number of benzene rings is 1. The summed E-state index contributed by atoms with van der Waals surface area (Å²) in [4.78, 5) is 0. The van der Waals surface area contributed by atoms with Gasteiger partial charge in [-0.05, 0) is 38.0 Å². The number of nitrogens with zero attached hydrogens (tertiary/aromatic N) is 2. The van der Waals surface area contributed by atoms with Gasteiger partial charge in [0.2, 0.25) is 0 Å². The molecule has 2 aromatic rings. The van der Waals surface area contributed by atoms with Gasteiger partial charge in [-0.15, -0.1) is 0 Å². The standard InChI is InChI=1S/C15H20BrN3/c1-10-5-6-13(15(16)7-10)8-17-11(2)14-9-19(4)18-12(14)3/h5-7,9,11,17H,8H2,1-4H3. The minimum absolute atomic E-state index is 0.293. The summed E-state index contributed by atoms with van der Waals surface area (Å²) in [5.74, 6) is 0. The van der Waals surface area contributed by atoms with Crippen molar-refractivity contribution in [3.8, 4) is 0 Å². The molecule has 0 saturated carbocycles. The SMILES string of the molecule is Cc1ccc(CNC(C)c2cn(C)nc2C)c(Br)c1. The fourth-order valence-electron chi connectivity index (χ4n) is 2.21. The zero-order valence-corrected chi connectivity index (χ0v) is 13.5. The molecule has 0 spiro atoms. The van der Waals surface area contributed by atoms with E-state index in [2.05, 4.69) is 71.5 Å². The van der Waals surface area contributed by atoms with Crippen molar-refractivity contribution >= 4 is 15.9 Å². The third kappa shape index (κ3) is 3.45. The van der Waals surface area contributed by atoms with Crippen molar-refractivity contribution in [2.75, 3.05) is 0 Å². The highest BCUT2D eigenvalue weighted by atomic mass is 79.9. The van der Waals surface area contributed by atoms with Crippen molar-refractivity contribution in [2.24, 2.45) is 7.05 Å². The lowest BCUT2D eigenvalue weighted by atomic mass is 10.1. The number of aromatic nitrogens is 2. The van der Waals surface area contributed by atoms with E-state index in [9.17, 15) is 0 Å². The first-order valence-corrected chi connectivity index (χ1v) is 7.25. The predicted octanol–water partition coefficient (Wildman–Crippen LogP) is 3.65. The molecule has 0 amide bonds. The normalized spacial score (nSPS) is 12.7. The monoisotopic (exact) mass is 321 g/mol. The maximum Gasteiger partial charge on any atom is 0.0641 e. The molecule has 0 fully saturated rings. The highest BCUT2D eigenvalue weighted by Crippen LogP contribution is 2.20. The second-order valence-electron chi connectivity index (χ2n) is 5.04. The molecule has 1 atom stereocenters. The molecular weight excluding hydrogens is 302 g/mol. The molecule has 19 heavy (non-hydrogen) atoms. The largest absolute Gasteiger partial charge is 0.306 e. The Morgan fingerprint density at radius 2 is 2.11 bits per heavy atom. The van der Waals surface area contributed by atoms with Gasteiger partial charge in [-0.2, -0.15) is 5.10 Å². The van der Waals surface area contributed by atoms with E-state index in [4.69, 9.17) is 0 Å². The summed E-state index contributed by atoms with van der Waals surface area (Å²) in [5, 5.41) is 7.93. The van der Waals surface area contributed by atoms with E-state index < -0.39 is 0 Å². The van der Waals surface area contributed by atoms with Crippen molar-refractivity contribution < 1.29 is 0 Å². The summed E-state index contributed by atoms with van der Waals surface area (Å²) in [5.41, 5.74) is 4.89. The molecular formula is C15H20BrN3. The van der Waals surface area contributed by atoms with Gasteiger partial charge >= 0.3 is 0 Å². The summed E-state index contributed by atoms with van der Waals surface area (Å²) in [7, 11) is 1.96. The fraction of sp³-hybridized carbons (Fsp3) is 0.400. The van der Waals surface area contributed by atoms with Crippen LogP contribution < -0.4 is 5.32 Å². The molecule has 0 aliphatic rings. The Hall–Kier alpha value is -1.13. The van der Waals surface area contributed by atoms with Crippen LogP contribution in [0.5, 0.6) is 0 Å². The number of nitrogens with one attached hydrogen (secondary N) is 1. The number of rotatable bonds is 4. The van der Waals surface area contributed by atoms with Crippen LogP contribution in [0.2, 0.25) is 0 Å². The molecule has 1 heterocycles. The van der Waals surface area contributed by atoms with Gasteiger partial charge in [0.1, 0.15) is 0 Å². The summed E-state index contributed by atoms with van der Waals surface area (Å²) in [6, 6.07) is 6.75. The van der Waals surface area contributed by atoms with Gasteiger partial charge in [0.05, 0.1) is 5.69 Å². The lowest BCUT2D eigenvalue weighted by Crippen LogP contribution is -2.18. The maximum absolute atomic E-state index is 4.38. The number of hydrogen-bond acceptors (Lipinski definition) is 2. The Labute approximate surface area is 123 Å². The molecule has 1 N–H and O–H groups in total. The van der Waals surface area contributed by atoms with E-state index >= 15 is 0 Å². The number of halogens is 1. The van der Waals surface area contributed by atoms with Crippen molar-refractivity contribution in [3.63, 3.8) is 0 Å². The minimum Gasteiger partial charge on any atom is -0.306 e. The van der Waals surface area contributed by atoms with Crippen LogP contribution in [0.15, 0.2) is 28.9 Å². The van der Waals surface area contributed by atoms with Crippen molar-refractivity contribution in [1.29, 1.82) is 0 Å². The molecule has 0 radical (unpaired) electrons. The van der Waals surface area contributed by atoms with E-state index in [1.807, 2.05) is 11.7 Å².